The Morgan fingerprint density at radius 3 is 2.81 bits per heavy atom. The number of benzene rings is 1. The number of hydrogen-bond acceptors (Lipinski definition) is 2. The molecular weight excluding hydrogens is 227 g/mol. The number of rotatable bonds is 5. The molecule has 0 spiro atoms. The molecule has 1 aliphatic rings. The molecule has 2 nitrogen and oxygen atoms in total. The van der Waals surface area contributed by atoms with Crippen LogP contribution in [0.3, 0.4) is 0 Å². The molecule has 0 amide bonds. The van der Waals surface area contributed by atoms with Gasteiger partial charge in [0.05, 0.1) is 0 Å². The highest BCUT2D eigenvalue weighted by molar-refractivity contribution is 6.31. The molecule has 2 rings (SSSR count). The van der Waals surface area contributed by atoms with Crippen molar-refractivity contribution in [3.05, 3.63) is 34.6 Å². The lowest BCUT2D eigenvalue weighted by Gasteiger charge is -2.18. The van der Waals surface area contributed by atoms with Crippen molar-refractivity contribution in [3.8, 4) is 0 Å². The van der Waals surface area contributed by atoms with Gasteiger partial charge in [0, 0.05) is 17.6 Å². The minimum atomic E-state index is -0.313. The van der Waals surface area contributed by atoms with Crippen molar-refractivity contribution in [2.75, 3.05) is 13.1 Å². The summed E-state index contributed by atoms with van der Waals surface area (Å²) in [6.45, 7) is 1.44. The second-order valence-electron chi connectivity index (χ2n) is 4.31. The van der Waals surface area contributed by atoms with E-state index in [-0.39, 0.29) is 11.9 Å². The summed E-state index contributed by atoms with van der Waals surface area (Å²) in [5, 5.41) is 3.82. The largest absolute Gasteiger partial charge is 0.329 e. The molecule has 1 atom stereocenters. The number of nitrogens with two attached hydrogens (primary N) is 1. The number of hydrogen-bond donors (Lipinski definition) is 2. The Bertz CT molecular complexity index is 366. The molecule has 0 saturated heterocycles. The van der Waals surface area contributed by atoms with E-state index in [1.54, 1.807) is 6.07 Å². The van der Waals surface area contributed by atoms with E-state index in [9.17, 15) is 4.39 Å². The highest BCUT2D eigenvalue weighted by Crippen LogP contribution is 2.29. The third-order valence-electron chi connectivity index (χ3n) is 2.92. The Balaban J connectivity index is 2.05. The van der Waals surface area contributed by atoms with Gasteiger partial charge in [-0.2, -0.15) is 0 Å². The van der Waals surface area contributed by atoms with Crippen LogP contribution in [0.2, 0.25) is 5.02 Å². The van der Waals surface area contributed by atoms with Gasteiger partial charge < -0.3 is 11.1 Å². The predicted molar refractivity (Wildman–Crippen MR) is 63.9 cm³/mol. The smallest absolute Gasteiger partial charge is 0.124 e. The Morgan fingerprint density at radius 1 is 1.50 bits per heavy atom. The zero-order valence-electron chi connectivity index (χ0n) is 9.05. The minimum Gasteiger partial charge on any atom is -0.329 e. The van der Waals surface area contributed by atoms with Crippen molar-refractivity contribution >= 4 is 11.6 Å². The summed E-state index contributed by atoms with van der Waals surface area (Å²) >= 11 is 6.00. The van der Waals surface area contributed by atoms with Crippen LogP contribution in [0, 0.1) is 11.7 Å². The van der Waals surface area contributed by atoms with Gasteiger partial charge in [0.25, 0.3) is 0 Å². The average molecular weight is 243 g/mol. The third-order valence-corrected chi connectivity index (χ3v) is 3.25. The molecule has 1 aromatic carbocycles. The lowest BCUT2D eigenvalue weighted by Crippen LogP contribution is -2.30. The zero-order valence-corrected chi connectivity index (χ0v) is 9.80. The van der Waals surface area contributed by atoms with E-state index < -0.39 is 0 Å². The van der Waals surface area contributed by atoms with Gasteiger partial charge in [-0.15, -0.1) is 0 Å². The second-order valence-corrected chi connectivity index (χ2v) is 4.71. The summed E-state index contributed by atoms with van der Waals surface area (Å²) < 4.78 is 12.9. The molecule has 0 bridgehead atoms. The molecule has 1 aliphatic carbocycles. The molecule has 1 aromatic rings. The van der Waals surface area contributed by atoms with E-state index in [2.05, 4.69) is 5.32 Å². The van der Waals surface area contributed by atoms with Gasteiger partial charge in [-0.05, 0) is 43.0 Å². The zero-order chi connectivity index (χ0) is 11.5. The fourth-order valence-electron chi connectivity index (χ4n) is 1.74. The summed E-state index contributed by atoms with van der Waals surface area (Å²) in [6.07, 6.45) is 2.59. The first kappa shape index (κ1) is 11.8. The molecule has 0 aliphatic heterocycles. The van der Waals surface area contributed by atoms with Gasteiger partial charge in [-0.1, -0.05) is 17.7 Å². The van der Waals surface area contributed by atoms with E-state index in [0.717, 1.165) is 18.0 Å². The highest BCUT2D eigenvalue weighted by Gasteiger charge is 2.23. The van der Waals surface area contributed by atoms with Crippen molar-refractivity contribution in [1.82, 2.24) is 5.32 Å². The maximum absolute atomic E-state index is 12.9. The van der Waals surface area contributed by atoms with Crippen molar-refractivity contribution in [2.24, 2.45) is 11.7 Å². The van der Waals surface area contributed by atoms with Crippen LogP contribution in [0.5, 0.6) is 0 Å². The summed E-state index contributed by atoms with van der Waals surface area (Å²) in [6, 6.07) is 4.48. The molecule has 0 aromatic heterocycles. The van der Waals surface area contributed by atoms with Crippen LogP contribution in [0.25, 0.3) is 0 Å². The van der Waals surface area contributed by atoms with Gasteiger partial charge in [0.15, 0.2) is 0 Å². The average Bonchev–Trinajstić information content (AvgIpc) is 3.05. The summed E-state index contributed by atoms with van der Waals surface area (Å²) in [7, 11) is 0. The first-order chi connectivity index (χ1) is 7.70. The van der Waals surface area contributed by atoms with Crippen LogP contribution in [0.4, 0.5) is 4.39 Å². The highest BCUT2D eigenvalue weighted by atomic mass is 35.5. The molecule has 4 heteroatoms. The van der Waals surface area contributed by atoms with Crippen molar-refractivity contribution in [2.45, 2.75) is 18.9 Å². The summed E-state index contributed by atoms with van der Waals surface area (Å²) in [4.78, 5) is 0. The van der Waals surface area contributed by atoms with Gasteiger partial charge in [0.1, 0.15) is 5.82 Å². The molecular formula is C12H16ClFN2. The van der Waals surface area contributed by atoms with Gasteiger partial charge in [-0.3, -0.25) is 0 Å². The fraction of sp³-hybridized carbons (Fsp3) is 0.500. The summed E-state index contributed by atoms with van der Waals surface area (Å²) in [5.41, 5.74) is 6.58. The monoisotopic (exact) mass is 242 g/mol. The van der Waals surface area contributed by atoms with Crippen LogP contribution in [-0.2, 0) is 0 Å². The Kier molecular flexibility index (Phi) is 3.79. The van der Waals surface area contributed by atoms with Gasteiger partial charge >= 0.3 is 0 Å². The molecule has 88 valence electrons. The van der Waals surface area contributed by atoms with Gasteiger partial charge in [-0.25, -0.2) is 4.39 Å². The Morgan fingerprint density at radius 2 is 2.25 bits per heavy atom. The van der Waals surface area contributed by atoms with E-state index in [4.69, 9.17) is 17.3 Å². The second kappa shape index (κ2) is 5.13. The summed E-state index contributed by atoms with van der Waals surface area (Å²) in [5.74, 6) is 0.472. The van der Waals surface area contributed by atoms with Crippen LogP contribution in [0.15, 0.2) is 18.2 Å². The molecule has 1 fully saturated rings. The fourth-order valence-corrected chi connectivity index (χ4v) is 2.03. The molecule has 3 N–H and O–H groups in total. The standard InChI is InChI=1S/C12H16ClFN2/c13-11-5-9(14)3-4-10(11)12(6-15)16-7-8-1-2-8/h3-5,8,12,16H,1-2,6-7,15H2. The lowest BCUT2D eigenvalue weighted by molar-refractivity contribution is 0.521. The first-order valence-electron chi connectivity index (χ1n) is 5.59. The van der Waals surface area contributed by atoms with Crippen LogP contribution < -0.4 is 11.1 Å². The molecule has 16 heavy (non-hydrogen) atoms. The quantitative estimate of drug-likeness (QED) is 0.833. The third kappa shape index (κ3) is 2.94. The molecule has 1 unspecified atom stereocenters. The molecule has 0 heterocycles. The van der Waals surface area contributed by atoms with E-state index in [0.29, 0.717) is 11.6 Å². The predicted octanol–water partition coefficient (Wildman–Crippen LogP) is 2.48. The van der Waals surface area contributed by atoms with Crippen molar-refractivity contribution < 1.29 is 4.39 Å². The Labute approximate surface area is 100.0 Å². The van der Waals surface area contributed by atoms with Gasteiger partial charge in [0.2, 0.25) is 0 Å². The van der Waals surface area contributed by atoms with Crippen LogP contribution in [0.1, 0.15) is 24.4 Å². The number of halogens is 2. The minimum absolute atomic E-state index is 0.0219. The van der Waals surface area contributed by atoms with Crippen LogP contribution in [-0.4, -0.2) is 13.1 Å². The normalized spacial score (nSPS) is 17.4. The van der Waals surface area contributed by atoms with E-state index in [1.165, 1.54) is 25.0 Å². The maximum atomic E-state index is 12.9. The Hall–Kier alpha value is -0.640. The molecule has 1 saturated carbocycles. The SMILES string of the molecule is NCC(NCC1CC1)c1ccc(F)cc1Cl. The van der Waals surface area contributed by atoms with Crippen molar-refractivity contribution in [1.29, 1.82) is 0 Å². The number of nitrogens with one attached hydrogen (secondary N) is 1. The maximum Gasteiger partial charge on any atom is 0.124 e. The topological polar surface area (TPSA) is 38.0 Å². The van der Waals surface area contributed by atoms with E-state index in [1.807, 2.05) is 0 Å². The van der Waals surface area contributed by atoms with Crippen molar-refractivity contribution in [3.63, 3.8) is 0 Å². The first-order valence-corrected chi connectivity index (χ1v) is 5.97. The van der Waals surface area contributed by atoms with Crippen LogP contribution >= 0.6 is 11.6 Å². The van der Waals surface area contributed by atoms with E-state index >= 15 is 0 Å². The molecule has 0 radical (unpaired) electrons. The lowest BCUT2D eigenvalue weighted by atomic mass is 10.1.